The fraction of sp³-hybridized carbons (Fsp3) is 0.200. The number of imide groups is 2. The van der Waals surface area contributed by atoms with Crippen LogP contribution in [0.2, 0.25) is 5.02 Å². The van der Waals surface area contributed by atoms with Gasteiger partial charge in [0.2, 0.25) is 0 Å². The SMILES string of the molecule is COc1cc(/C=C2\C(=O)NC(=O)N(c3cccnc3)C2=O)cc(Cl)c1OC(C)C. The highest BCUT2D eigenvalue weighted by Crippen LogP contribution is 2.38. The molecule has 2 aromatic rings. The van der Waals surface area contributed by atoms with Crippen LogP contribution in [0.4, 0.5) is 10.5 Å². The number of urea groups is 1. The molecule has 0 aliphatic carbocycles. The number of nitrogens with one attached hydrogen (secondary N) is 1. The summed E-state index contributed by atoms with van der Waals surface area (Å²) in [5, 5.41) is 2.41. The molecule has 0 saturated carbocycles. The third-order valence-corrected chi connectivity index (χ3v) is 4.20. The van der Waals surface area contributed by atoms with Crippen LogP contribution in [0.5, 0.6) is 11.5 Å². The number of pyridine rings is 1. The number of hydrogen-bond acceptors (Lipinski definition) is 6. The lowest BCUT2D eigenvalue weighted by atomic mass is 10.1. The number of nitrogens with zero attached hydrogens (tertiary/aromatic N) is 2. The molecule has 3 rings (SSSR count). The number of halogens is 1. The number of carbonyl (C=O) groups excluding carboxylic acids is 3. The van der Waals surface area contributed by atoms with E-state index in [4.69, 9.17) is 21.1 Å². The van der Waals surface area contributed by atoms with Crippen molar-refractivity contribution in [1.82, 2.24) is 10.3 Å². The number of carbonyl (C=O) groups is 3. The number of benzene rings is 1. The minimum atomic E-state index is -0.846. The Morgan fingerprint density at radius 2 is 2.00 bits per heavy atom. The lowest BCUT2D eigenvalue weighted by molar-refractivity contribution is -0.122. The third kappa shape index (κ3) is 4.22. The van der Waals surface area contributed by atoms with Gasteiger partial charge in [-0.05, 0) is 49.8 Å². The van der Waals surface area contributed by atoms with Gasteiger partial charge >= 0.3 is 6.03 Å². The van der Waals surface area contributed by atoms with Crippen LogP contribution in [-0.4, -0.2) is 36.0 Å². The zero-order chi connectivity index (χ0) is 21.1. The minimum absolute atomic E-state index is 0.129. The van der Waals surface area contributed by atoms with E-state index in [1.165, 1.54) is 31.6 Å². The summed E-state index contributed by atoms with van der Waals surface area (Å²) in [5.41, 5.74) is 0.440. The van der Waals surface area contributed by atoms with Gasteiger partial charge in [-0.25, -0.2) is 9.69 Å². The highest BCUT2D eigenvalue weighted by molar-refractivity contribution is 6.39. The van der Waals surface area contributed by atoms with Crippen LogP contribution in [0, 0.1) is 0 Å². The van der Waals surface area contributed by atoms with Crippen LogP contribution in [0.15, 0.2) is 42.2 Å². The van der Waals surface area contributed by atoms with Crippen LogP contribution < -0.4 is 19.7 Å². The summed E-state index contributed by atoms with van der Waals surface area (Å²) in [6.07, 6.45) is 4.06. The summed E-state index contributed by atoms with van der Waals surface area (Å²) in [6.45, 7) is 3.70. The highest BCUT2D eigenvalue weighted by Gasteiger charge is 2.37. The number of barbiturate groups is 1. The normalized spacial score (nSPS) is 15.7. The van der Waals surface area contributed by atoms with Gasteiger partial charge in [0.25, 0.3) is 11.8 Å². The van der Waals surface area contributed by atoms with Gasteiger partial charge in [0.05, 0.1) is 30.1 Å². The third-order valence-electron chi connectivity index (χ3n) is 3.92. The quantitative estimate of drug-likeness (QED) is 0.595. The van der Waals surface area contributed by atoms with E-state index in [0.29, 0.717) is 17.1 Å². The van der Waals surface area contributed by atoms with Gasteiger partial charge < -0.3 is 9.47 Å². The van der Waals surface area contributed by atoms with Crippen molar-refractivity contribution in [3.63, 3.8) is 0 Å². The molecule has 0 atom stereocenters. The molecule has 1 N–H and O–H groups in total. The van der Waals surface area contributed by atoms with E-state index in [1.54, 1.807) is 18.2 Å². The highest BCUT2D eigenvalue weighted by atomic mass is 35.5. The van der Waals surface area contributed by atoms with E-state index >= 15 is 0 Å². The predicted octanol–water partition coefficient (Wildman–Crippen LogP) is 3.20. The van der Waals surface area contributed by atoms with Gasteiger partial charge in [-0.1, -0.05) is 11.6 Å². The first-order chi connectivity index (χ1) is 13.8. The zero-order valence-electron chi connectivity index (χ0n) is 15.9. The largest absolute Gasteiger partial charge is 0.493 e. The van der Waals surface area contributed by atoms with Gasteiger partial charge in [0.15, 0.2) is 11.5 Å². The van der Waals surface area contributed by atoms with Crippen molar-refractivity contribution in [2.45, 2.75) is 20.0 Å². The lowest BCUT2D eigenvalue weighted by Gasteiger charge is -2.26. The summed E-state index contributed by atoms with van der Waals surface area (Å²) in [5.74, 6) is -0.873. The standard InChI is InChI=1S/C20H18ClN3O5/c1-11(2)29-17-15(21)8-12(9-16(17)28-3)7-14-18(25)23-20(27)24(19(14)26)13-5-4-6-22-10-13/h4-11H,1-3H3,(H,23,25,27)/b14-7+. The Kier molecular flexibility index (Phi) is 5.84. The first-order valence-corrected chi connectivity index (χ1v) is 9.05. The Morgan fingerprint density at radius 3 is 2.62 bits per heavy atom. The summed E-state index contributed by atoms with van der Waals surface area (Å²) in [6, 6.07) is 5.40. The Bertz CT molecular complexity index is 1000. The molecule has 4 amide bonds. The number of hydrogen-bond donors (Lipinski definition) is 1. The molecule has 0 unspecified atom stereocenters. The van der Waals surface area contributed by atoms with Crippen LogP contribution in [-0.2, 0) is 9.59 Å². The first kappa shape index (κ1) is 20.3. The molecule has 1 fully saturated rings. The number of methoxy groups -OCH3 is 1. The van der Waals surface area contributed by atoms with E-state index in [-0.39, 0.29) is 22.4 Å². The summed E-state index contributed by atoms with van der Waals surface area (Å²) >= 11 is 6.30. The molecule has 1 aromatic heterocycles. The van der Waals surface area contributed by atoms with Gasteiger partial charge in [0.1, 0.15) is 5.57 Å². The average molecular weight is 416 g/mol. The molecule has 150 valence electrons. The molecule has 1 aromatic carbocycles. The van der Waals surface area contributed by atoms with Crippen LogP contribution >= 0.6 is 11.6 Å². The predicted molar refractivity (Wildman–Crippen MR) is 107 cm³/mol. The van der Waals surface area contributed by atoms with Gasteiger partial charge in [-0.3, -0.25) is 19.9 Å². The monoisotopic (exact) mass is 415 g/mol. The lowest BCUT2D eigenvalue weighted by Crippen LogP contribution is -2.54. The fourth-order valence-electron chi connectivity index (χ4n) is 2.72. The van der Waals surface area contributed by atoms with Gasteiger partial charge in [-0.15, -0.1) is 0 Å². The van der Waals surface area contributed by atoms with Crippen molar-refractivity contribution in [3.05, 3.63) is 52.8 Å². The summed E-state index contributed by atoms with van der Waals surface area (Å²) in [7, 11) is 1.46. The Balaban J connectivity index is 2.02. The zero-order valence-corrected chi connectivity index (χ0v) is 16.7. The minimum Gasteiger partial charge on any atom is -0.493 e. The first-order valence-electron chi connectivity index (χ1n) is 8.67. The second-order valence-corrected chi connectivity index (χ2v) is 6.78. The maximum absolute atomic E-state index is 12.9. The molecule has 29 heavy (non-hydrogen) atoms. The van der Waals surface area contributed by atoms with Crippen molar-refractivity contribution >= 4 is 41.2 Å². The maximum atomic E-state index is 12.9. The van der Waals surface area contributed by atoms with E-state index in [1.807, 2.05) is 13.8 Å². The van der Waals surface area contributed by atoms with Crippen LogP contribution in [0.3, 0.4) is 0 Å². The topological polar surface area (TPSA) is 97.8 Å². The van der Waals surface area contributed by atoms with Crippen molar-refractivity contribution in [2.24, 2.45) is 0 Å². The molecule has 0 bridgehead atoms. The molecule has 1 saturated heterocycles. The number of amides is 4. The van der Waals surface area contributed by atoms with E-state index in [0.717, 1.165) is 4.90 Å². The molecule has 0 radical (unpaired) electrons. The van der Waals surface area contributed by atoms with E-state index < -0.39 is 17.8 Å². The van der Waals surface area contributed by atoms with Crippen molar-refractivity contribution < 1.29 is 23.9 Å². The van der Waals surface area contributed by atoms with Gasteiger partial charge in [0, 0.05) is 6.20 Å². The Labute approximate surface area is 172 Å². The molecule has 9 heteroatoms. The molecule has 8 nitrogen and oxygen atoms in total. The molecular weight excluding hydrogens is 398 g/mol. The fourth-order valence-corrected chi connectivity index (χ4v) is 2.98. The van der Waals surface area contributed by atoms with Gasteiger partial charge in [-0.2, -0.15) is 0 Å². The Morgan fingerprint density at radius 1 is 1.24 bits per heavy atom. The van der Waals surface area contributed by atoms with E-state index in [2.05, 4.69) is 10.3 Å². The van der Waals surface area contributed by atoms with Crippen molar-refractivity contribution in [2.75, 3.05) is 12.0 Å². The maximum Gasteiger partial charge on any atom is 0.336 e. The number of aromatic nitrogens is 1. The number of rotatable bonds is 5. The molecular formula is C20H18ClN3O5. The van der Waals surface area contributed by atoms with Crippen molar-refractivity contribution in [3.8, 4) is 11.5 Å². The molecule has 1 aliphatic heterocycles. The van der Waals surface area contributed by atoms with E-state index in [9.17, 15) is 14.4 Å². The van der Waals surface area contributed by atoms with Crippen LogP contribution in [0.1, 0.15) is 19.4 Å². The summed E-state index contributed by atoms with van der Waals surface area (Å²) < 4.78 is 11.0. The second kappa shape index (κ2) is 8.32. The number of ether oxygens (including phenoxy) is 2. The Hall–Kier alpha value is -3.39. The molecule has 1 aliphatic rings. The van der Waals surface area contributed by atoms with Crippen molar-refractivity contribution in [1.29, 1.82) is 0 Å². The smallest absolute Gasteiger partial charge is 0.336 e. The second-order valence-electron chi connectivity index (χ2n) is 6.37. The molecule has 0 spiro atoms. The molecule has 2 heterocycles. The summed E-state index contributed by atoms with van der Waals surface area (Å²) in [4.78, 5) is 42.1. The van der Waals surface area contributed by atoms with Crippen LogP contribution in [0.25, 0.3) is 6.08 Å². The average Bonchev–Trinajstić information content (AvgIpc) is 2.67. The number of anilines is 1.